The maximum absolute atomic E-state index is 13.0. The van der Waals surface area contributed by atoms with Crippen LogP contribution in [0, 0.1) is 11.6 Å². The number of carboxylic acid groups (broad SMARTS) is 1. The van der Waals surface area contributed by atoms with Crippen LogP contribution >= 0.6 is 11.6 Å². The Morgan fingerprint density at radius 2 is 1.80 bits per heavy atom. The molecule has 0 saturated heterocycles. The Bertz CT molecular complexity index is 458. The van der Waals surface area contributed by atoms with Crippen molar-refractivity contribution >= 4 is 23.4 Å². The molecule has 0 saturated carbocycles. The number of rotatable bonds is 2. The van der Waals surface area contributed by atoms with Gasteiger partial charge in [0.05, 0.1) is 10.6 Å². The molecule has 80 valence electrons. The standard InChI is InChI=1S/C8H3ClF2O4/c9-3-1-2(6(12)8(14)15)4(10)5(11)7(3)13/h1,13H,(H,14,15). The third-order valence-corrected chi connectivity index (χ3v) is 1.86. The fraction of sp³-hybridized carbons (Fsp3) is 0. The molecule has 1 aromatic carbocycles. The third kappa shape index (κ3) is 1.89. The van der Waals surface area contributed by atoms with Gasteiger partial charge in [0.25, 0.3) is 5.78 Å². The second kappa shape index (κ2) is 3.82. The number of aromatic hydroxyl groups is 1. The van der Waals surface area contributed by atoms with Crippen LogP contribution in [0.15, 0.2) is 6.07 Å². The topological polar surface area (TPSA) is 74.6 Å². The number of ketones is 1. The van der Waals surface area contributed by atoms with Crippen molar-refractivity contribution in [1.82, 2.24) is 0 Å². The van der Waals surface area contributed by atoms with Gasteiger partial charge in [-0.2, -0.15) is 4.39 Å². The SMILES string of the molecule is O=C(O)C(=O)c1cc(Cl)c(O)c(F)c1F. The van der Waals surface area contributed by atoms with Crippen LogP contribution in [0.3, 0.4) is 0 Å². The zero-order chi connectivity index (χ0) is 11.7. The molecule has 0 bridgehead atoms. The number of phenols is 1. The van der Waals surface area contributed by atoms with Gasteiger partial charge in [0.1, 0.15) is 0 Å². The van der Waals surface area contributed by atoms with Crippen LogP contribution in [0.2, 0.25) is 5.02 Å². The second-order valence-electron chi connectivity index (χ2n) is 2.52. The minimum absolute atomic E-state index is 0.547. The maximum atomic E-state index is 13.0. The molecule has 0 unspecified atom stereocenters. The summed E-state index contributed by atoms with van der Waals surface area (Å²) in [7, 11) is 0. The number of halogens is 3. The van der Waals surface area contributed by atoms with E-state index >= 15 is 0 Å². The largest absolute Gasteiger partial charge is 0.504 e. The van der Waals surface area contributed by atoms with E-state index in [9.17, 15) is 18.4 Å². The van der Waals surface area contributed by atoms with E-state index in [0.717, 1.165) is 0 Å². The highest BCUT2D eigenvalue weighted by Gasteiger charge is 2.25. The van der Waals surface area contributed by atoms with Crippen molar-refractivity contribution in [1.29, 1.82) is 0 Å². The van der Waals surface area contributed by atoms with Crippen molar-refractivity contribution in [2.45, 2.75) is 0 Å². The molecule has 7 heteroatoms. The monoisotopic (exact) mass is 236 g/mol. The first-order valence-corrected chi connectivity index (χ1v) is 3.88. The number of benzene rings is 1. The number of Topliss-reactive ketones (excluding diaryl/α,β-unsaturated/α-hetero) is 1. The molecule has 4 nitrogen and oxygen atoms in total. The lowest BCUT2D eigenvalue weighted by atomic mass is 10.1. The maximum Gasteiger partial charge on any atom is 0.377 e. The summed E-state index contributed by atoms with van der Waals surface area (Å²) < 4.78 is 25.8. The fourth-order valence-corrected chi connectivity index (χ4v) is 1.06. The molecule has 0 atom stereocenters. The van der Waals surface area contributed by atoms with Crippen LogP contribution in [-0.4, -0.2) is 22.0 Å². The van der Waals surface area contributed by atoms with Gasteiger partial charge < -0.3 is 10.2 Å². The molecule has 2 N–H and O–H groups in total. The highest BCUT2D eigenvalue weighted by atomic mass is 35.5. The molecular weight excluding hydrogens is 234 g/mol. The van der Waals surface area contributed by atoms with Gasteiger partial charge >= 0.3 is 5.97 Å². The van der Waals surface area contributed by atoms with Crippen LogP contribution in [0.25, 0.3) is 0 Å². The van der Waals surface area contributed by atoms with Gasteiger partial charge in [-0.3, -0.25) is 4.79 Å². The predicted molar refractivity (Wildman–Crippen MR) is 45.0 cm³/mol. The lowest BCUT2D eigenvalue weighted by molar-refractivity contribution is -0.131. The summed E-state index contributed by atoms with van der Waals surface area (Å²) in [5, 5.41) is 16.5. The number of phenolic OH excluding ortho intramolecular Hbond substituents is 1. The quantitative estimate of drug-likeness (QED) is 0.465. The van der Waals surface area contributed by atoms with E-state index in [-0.39, 0.29) is 0 Å². The van der Waals surface area contributed by atoms with Gasteiger partial charge in [0.15, 0.2) is 11.6 Å². The third-order valence-electron chi connectivity index (χ3n) is 1.57. The summed E-state index contributed by atoms with van der Waals surface area (Å²) in [4.78, 5) is 21.0. The molecule has 0 heterocycles. The van der Waals surface area contributed by atoms with Crippen LogP contribution in [0.5, 0.6) is 5.75 Å². The summed E-state index contributed by atoms with van der Waals surface area (Å²) in [6, 6.07) is 0.547. The average Bonchev–Trinajstić information content (AvgIpc) is 2.19. The molecule has 1 aromatic rings. The zero-order valence-corrected chi connectivity index (χ0v) is 7.68. The van der Waals surface area contributed by atoms with Gasteiger partial charge in [-0.05, 0) is 6.07 Å². The first-order valence-electron chi connectivity index (χ1n) is 3.50. The van der Waals surface area contributed by atoms with E-state index in [2.05, 4.69) is 0 Å². The second-order valence-corrected chi connectivity index (χ2v) is 2.92. The predicted octanol–water partition coefficient (Wildman–Crippen LogP) is 1.59. The number of hydrogen-bond acceptors (Lipinski definition) is 3. The van der Waals surface area contributed by atoms with Gasteiger partial charge in [0, 0.05) is 0 Å². The summed E-state index contributed by atoms with van der Waals surface area (Å²) in [5.74, 6) is -8.27. The molecule has 0 spiro atoms. The fourth-order valence-electron chi connectivity index (χ4n) is 0.866. The molecule has 0 aromatic heterocycles. The van der Waals surface area contributed by atoms with Crippen LogP contribution in [0.1, 0.15) is 10.4 Å². The number of carbonyl (C=O) groups excluding carboxylic acids is 1. The van der Waals surface area contributed by atoms with E-state index in [0.29, 0.717) is 6.07 Å². The minimum atomic E-state index is -1.95. The lowest BCUT2D eigenvalue weighted by Crippen LogP contribution is -2.15. The van der Waals surface area contributed by atoms with Crippen molar-refractivity contribution < 1.29 is 28.6 Å². The molecule has 1 rings (SSSR count). The van der Waals surface area contributed by atoms with E-state index in [1.54, 1.807) is 0 Å². The van der Waals surface area contributed by atoms with Gasteiger partial charge in [-0.25, -0.2) is 9.18 Å². The Morgan fingerprint density at radius 3 is 2.27 bits per heavy atom. The smallest absolute Gasteiger partial charge is 0.377 e. The normalized spacial score (nSPS) is 10.1. The minimum Gasteiger partial charge on any atom is -0.504 e. The van der Waals surface area contributed by atoms with E-state index in [1.807, 2.05) is 0 Å². The van der Waals surface area contributed by atoms with Gasteiger partial charge in [-0.1, -0.05) is 11.6 Å². The molecule has 15 heavy (non-hydrogen) atoms. The zero-order valence-electron chi connectivity index (χ0n) is 6.92. The number of carboxylic acids is 1. The average molecular weight is 237 g/mol. The van der Waals surface area contributed by atoms with Crippen molar-refractivity contribution in [2.75, 3.05) is 0 Å². The first kappa shape index (κ1) is 11.4. The van der Waals surface area contributed by atoms with Crippen molar-refractivity contribution in [3.05, 3.63) is 28.3 Å². The molecule has 0 aliphatic carbocycles. The molecule has 0 radical (unpaired) electrons. The van der Waals surface area contributed by atoms with Crippen LogP contribution < -0.4 is 0 Å². The number of hydrogen-bond donors (Lipinski definition) is 2. The lowest BCUT2D eigenvalue weighted by Gasteiger charge is -2.03. The van der Waals surface area contributed by atoms with Crippen molar-refractivity contribution in [2.24, 2.45) is 0 Å². The van der Waals surface area contributed by atoms with E-state index in [4.69, 9.17) is 21.8 Å². The Morgan fingerprint density at radius 1 is 1.27 bits per heavy atom. The Labute approximate surface area is 86.7 Å². The Balaban J connectivity index is 3.45. The Hall–Kier alpha value is -1.69. The molecular formula is C8H3ClF2O4. The first-order chi connectivity index (χ1) is 6.86. The molecule has 0 aliphatic rings. The van der Waals surface area contributed by atoms with Crippen LogP contribution in [-0.2, 0) is 4.79 Å². The highest BCUT2D eigenvalue weighted by molar-refractivity contribution is 6.41. The van der Waals surface area contributed by atoms with Crippen molar-refractivity contribution in [3.63, 3.8) is 0 Å². The van der Waals surface area contributed by atoms with Gasteiger partial charge in [-0.15, -0.1) is 0 Å². The summed E-state index contributed by atoms with van der Waals surface area (Å²) >= 11 is 5.24. The summed E-state index contributed by atoms with van der Waals surface area (Å²) in [6.45, 7) is 0. The van der Waals surface area contributed by atoms with E-state index in [1.165, 1.54) is 0 Å². The molecule has 0 aliphatic heterocycles. The van der Waals surface area contributed by atoms with E-state index < -0.39 is 39.7 Å². The molecule has 0 fully saturated rings. The highest BCUT2D eigenvalue weighted by Crippen LogP contribution is 2.30. The summed E-state index contributed by atoms with van der Waals surface area (Å²) in [6.07, 6.45) is 0. The summed E-state index contributed by atoms with van der Waals surface area (Å²) in [5.41, 5.74) is -1.04. The number of aliphatic carboxylic acids is 1. The van der Waals surface area contributed by atoms with Crippen molar-refractivity contribution in [3.8, 4) is 5.75 Å². The molecule has 0 amide bonds. The van der Waals surface area contributed by atoms with Gasteiger partial charge in [0.2, 0.25) is 5.82 Å². The van der Waals surface area contributed by atoms with Crippen LogP contribution in [0.4, 0.5) is 8.78 Å². The Kier molecular flexibility index (Phi) is 2.90. The number of carbonyl (C=O) groups is 2.